The molecule has 0 amide bonds. The standard InChI is InChI=1S/C28H19BrN2/c29-26-18-24(20-7-5-9-22(15-20)27-11-1-3-13-30-27)17-25(19-26)21-8-6-10-23(16-21)28-12-2-4-14-31-28/h1-19H. The van der Waals surface area contributed by atoms with Gasteiger partial charge in [0.25, 0.3) is 0 Å². The van der Waals surface area contributed by atoms with Gasteiger partial charge in [-0.1, -0.05) is 64.5 Å². The van der Waals surface area contributed by atoms with Crippen LogP contribution in [-0.2, 0) is 0 Å². The zero-order valence-corrected chi connectivity index (χ0v) is 18.3. The van der Waals surface area contributed by atoms with Crippen LogP contribution in [0, 0.1) is 0 Å². The van der Waals surface area contributed by atoms with E-state index in [0.29, 0.717) is 0 Å². The van der Waals surface area contributed by atoms with Crippen LogP contribution in [0.4, 0.5) is 0 Å². The molecule has 0 aliphatic heterocycles. The number of aromatic nitrogens is 2. The first-order valence-electron chi connectivity index (χ1n) is 10.1. The molecule has 2 aromatic heterocycles. The van der Waals surface area contributed by atoms with E-state index in [-0.39, 0.29) is 0 Å². The molecule has 0 fully saturated rings. The van der Waals surface area contributed by atoms with Gasteiger partial charge in [0.15, 0.2) is 0 Å². The van der Waals surface area contributed by atoms with E-state index in [4.69, 9.17) is 0 Å². The SMILES string of the molecule is Brc1cc(-c2cccc(-c3ccccn3)c2)cc(-c2cccc(-c3ccccn3)c2)c1. The van der Waals surface area contributed by atoms with Crippen molar-refractivity contribution in [1.82, 2.24) is 9.97 Å². The molecule has 0 bridgehead atoms. The van der Waals surface area contributed by atoms with Gasteiger partial charge in [-0.15, -0.1) is 0 Å². The van der Waals surface area contributed by atoms with Crippen LogP contribution in [0.15, 0.2) is 120 Å². The summed E-state index contributed by atoms with van der Waals surface area (Å²) in [5.41, 5.74) is 8.80. The maximum Gasteiger partial charge on any atom is 0.0702 e. The van der Waals surface area contributed by atoms with Gasteiger partial charge in [0.1, 0.15) is 0 Å². The molecule has 31 heavy (non-hydrogen) atoms. The van der Waals surface area contributed by atoms with Gasteiger partial charge in [0.05, 0.1) is 11.4 Å². The molecule has 0 saturated carbocycles. The minimum atomic E-state index is 0.975. The van der Waals surface area contributed by atoms with Crippen molar-refractivity contribution in [2.45, 2.75) is 0 Å². The highest BCUT2D eigenvalue weighted by atomic mass is 79.9. The maximum atomic E-state index is 4.49. The average Bonchev–Trinajstić information content (AvgIpc) is 2.85. The number of halogens is 1. The highest BCUT2D eigenvalue weighted by Crippen LogP contribution is 2.33. The maximum absolute atomic E-state index is 4.49. The van der Waals surface area contributed by atoms with Crippen LogP contribution in [0.5, 0.6) is 0 Å². The molecule has 0 atom stereocenters. The van der Waals surface area contributed by atoms with Crippen LogP contribution < -0.4 is 0 Å². The Morgan fingerprint density at radius 2 is 0.871 bits per heavy atom. The molecule has 0 N–H and O–H groups in total. The molecular formula is C28H19BrN2. The summed E-state index contributed by atoms with van der Waals surface area (Å²) in [7, 11) is 0. The van der Waals surface area contributed by atoms with Crippen LogP contribution in [0.2, 0.25) is 0 Å². The van der Waals surface area contributed by atoms with E-state index >= 15 is 0 Å². The van der Waals surface area contributed by atoms with Crippen molar-refractivity contribution in [1.29, 1.82) is 0 Å². The van der Waals surface area contributed by atoms with Gasteiger partial charge in [0.2, 0.25) is 0 Å². The molecule has 0 aliphatic carbocycles. The van der Waals surface area contributed by atoms with Crippen molar-refractivity contribution in [3.63, 3.8) is 0 Å². The lowest BCUT2D eigenvalue weighted by Crippen LogP contribution is -1.87. The predicted octanol–water partition coefficient (Wildman–Crippen LogP) is 7.91. The molecule has 0 spiro atoms. The van der Waals surface area contributed by atoms with Gasteiger partial charge in [-0.2, -0.15) is 0 Å². The topological polar surface area (TPSA) is 25.8 Å². The van der Waals surface area contributed by atoms with Crippen LogP contribution in [-0.4, -0.2) is 9.97 Å². The normalized spacial score (nSPS) is 10.7. The Balaban J connectivity index is 1.56. The Morgan fingerprint density at radius 1 is 0.419 bits per heavy atom. The minimum absolute atomic E-state index is 0.975. The lowest BCUT2D eigenvalue weighted by Gasteiger charge is -2.10. The number of benzene rings is 3. The highest BCUT2D eigenvalue weighted by molar-refractivity contribution is 9.10. The largest absolute Gasteiger partial charge is 0.256 e. The van der Waals surface area contributed by atoms with Crippen molar-refractivity contribution < 1.29 is 0 Å². The molecule has 3 heteroatoms. The summed E-state index contributed by atoms with van der Waals surface area (Å²) in [6.07, 6.45) is 3.65. The van der Waals surface area contributed by atoms with Crippen molar-refractivity contribution in [3.05, 3.63) is 120 Å². The Bertz CT molecular complexity index is 1230. The van der Waals surface area contributed by atoms with E-state index in [1.165, 1.54) is 0 Å². The molecule has 3 aromatic carbocycles. The average molecular weight is 463 g/mol. The first kappa shape index (κ1) is 19.4. The summed E-state index contributed by atoms with van der Waals surface area (Å²) in [6.45, 7) is 0. The Morgan fingerprint density at radius 3 is 1.32 bits per heavy atom. The second kappa shape index (κ2) is 8.66. The summed E-state index contributed by atoms with van der Waals surface area (Å²) in [5.74, 6) is 0. The van der Waals surface area contributed by atoms with Gasteiger partial charge in [0, 0.05) is 28.0 Å². The van der Waals surface area contributed by atoms with E-state index in [9.17, 15) is 0 Å². The van der Waals surface area contributed by atoms with E-state index in [2.05, 4.69) is 92.6 Å². The molecular weight excluding hydrogens is 444 g/mol. The van der Waals surface area contributed by atoms with E-state index < -0.39 is 0 Å². The molecule has 0 radical (unpaired) electrons. The first-order valence-corrected chi connectivity index (χ1v) is 10.9. The van der Waals surface area contributed by atoms with Crippen LogP contribution in [0.3, 0.4) is 0 Å². The zero-order chi connectivity index (χ0) is 21.0. The Kier molecular flexibility index (Phi) is 5.42. The lowest BCUT2D eigenvalue weighted by molar-refractivity contribution is 1.33. The summed E-state index contributed by atoms with van der Waals surface area (Å²) >= 11 is 3.71. The van der Waals surface area contributed by atoms with Crippen molar-refractivity contribution in [3.8, 4) is 44.8 Å². The first-order chi connectivity index (χ1) is 15.3. The van der Waals surface area contributed by atoms with Gasteiger partial charge in [-0.25, -0.2) is 0 Å². The Hall–Kier alpha value is -3.56. The van der Waals surface area contributed by atoms with Crippen molar-refractivity contribution in [2.24, 2.45) is 0 Å². The number of nitrogens with zero attached hydrogens (tertiary/aromatic N) is 2. The Labute approximate surface area is 190 Å². The van der Waals surface area contributed by atoms with Crippen molar-refractivity contribution >= 4 is 15.9 Å². The van der Waals surface area contributed by atoms with Crippen LogP contribution >= 0.6 is 15.9 Å². The van der Waals surface area contributed by atoms with E-state index in [1.54, 1.807) is 0 Å². The molecule has 148 valence electrons. The zero-order valence-electron chi connectivity index (χ0n) is 16.7. The summed E-state index contributed by atoms with van der Waals surface area (Å²) < 4.78 is 1.05. The monoisotopic (exact) mass is 462 g/mol. The summed E-state index contributed by atoms with van der Waals surface area (Å²) in [5, 5.41) is 0. The third kappa shape index (κ3) is 4.32. The number of rotatable bonds is 4. The fourth-order valence-corrected chi connectivity index (χ4v) is 4.20. The number of pyridine rings is 2. The van der Waals surface area contributed by atoms with E-state index in [1.807, 2.05) is 48.8 Å². The minimum Gasteiger partial charge on any atom is -0.256 e. The molecule has 2 heterocycles. The molecule has 0 unspecified atom stereocenters. The third-order valence-corrected chi connectivity index (χ3v) is 5.67. The van der Waals surface area contributed by atoms with Crippen molar-refractivity contribution in [2.75, 3.05) is 0 Å². The molecule has 2 nitrogen and oxygen atoms in total. The third-order valence-electron chi connectivity index (χ3n) is 5.21. The molecule has 0 saturated heterocycles. The number of hydrogen-bond acceptors (Lipinski definition) is 2. The van der Waals surface area contributed by atoms with Crippen LogP contribution in [0.1, 0.15) is 0 Å². The second-order valence-electron chi connectivity index (χ2n) is 7.32. The molecule has 0 aliphatic rings. The molecule has 5 aromatic rings. The number of hydrogen-bond donors (Lipinski definition) is 0. The predicted molar refractivity (Wildman–Crippen MR) is 131 cm³/mol. The molecule has 5 rings (SSSR count). The fourth-order valence-electron chi connectivity index (χ4n) is 3.71. The smallest absolute Gasteiger partial charge is 0.0702 e. The van der Waals surface area contributed by atoms with Gasteiger partial charge < -0.3 is 0 Å². The van der Waals surface area contributed by atoms with Gasteiger partial charge in [-0.05, 0) is 76.9 Å². The highest BCUT2D eigenvalue weighted by Gasteiger charge is 2.08. The van der Waals surface area contributed by atoms with E-state index in [0.717, 1.165) is 49.2 Å². The van der Waals surface area contributed by atoms with Gasteiger partial charge >= 0.3 is 0 Å². The van der Waals surface area contributed by atoms with Crippen LogP contribution in [0.25, 0.3) is 44.8 Å². The summed E-state index contributed by atoms with van der Waals surface area (Å²) in [6, 6.07) is 35.6. The second-order valence-corrected chi connectivity index (χ2v) is 8.24. The fraction of sp³-hybridized carbons (Fsp3) is 0. The lowest BCUT2D eigenvalue weighted by atomic mass is 9.96. The van der Waals surface area contributed by atoms with Gasteiger partial charge in [-0.3, -0.25) is 9.97 Å². The quantitative estimate of drug-likeness (QED) is 0.271. The summed E-state index contributed by atoms with van der Waals surface area (Å²) in [4.78, 5) is 8.98.